The Morgan fingerprint density at radius 1 is 1.05 bits per heavy atom. The molecule has 3 heterocycles. The van der Waals surface area contributed by atoms with Crippen LogP contribution in [-0.2, 0) is 16.0 Å². The second-order valence-corrected chi connectivity index (χ2v) is 12.2. The van der Waals surface area contributed by atoms with Gasteiger partial charge < -0.3 is 14.6 Å². The van der Waals surface area contributed by atoms with E-state index in [0.29, 0.717) is 12.2 Å². The molecular weight excluding hydrogens is 526 g/mol. The van der Waals surface area contributed by atoms with Gasteiger partial charge in [0.25, 0.3) is 0 Å². The first-order valence-electron chi connectivity index (χ1n) is 14.4. The number of carbonyl (C=O) groups is 1. The lowest BCUT2D eigenvalue weighted by molar-refractivity contribution is -0.160. The summed E-state index contributed by atoms with van der Waals surface area (Å²) in [5.41, 5.74) is 7.38. The van der Waals surface area contributed by atoms with Gasteiger partial charge in [-0.2, -0.15) is 0 Å². The summed E-state index contributed by atoms with van der Waals surface area (Å²) in [6.07, 6.45) is 4.89. The molecule has 0 radical (unpaired) electrons. The molecule has 1 aliphatic heterocycles. The second-order valence-electron chi connectivity index (χ2n) is 12.2. The number of carboxylic acids is 1. The predicted octanol–water partition coefficient (Wildman–Crippen LogP) is 7.82. The van der Waals surface area contributed by atoms with Crippen LogP contribution in [0.1, 0.15) is 69.0 Å². The molecule has 7 nitrogen and oxygen atoms in total. The number of hydrogen-bond acceptors (Lipinski definition) is 6. The Kier molecular flexibility index (Phi) is 6.93. The standard InChI is InChI=1S/C35H35N3O4/c1-19(2)31-26(17-36-18-38-31)22-7-8-24-23(16-22)15-20(3)28(33(34(39)40)42-35(4,5)6)30(24)25-9-10-27-29-21(12-14-41-27)11-13-37-32(25)29/h7-11,13,15-19,33H,12,14H2,1-6H3,(H,39,40). The molecule has 1 aliphatic rings. The van der Waals surface area contributed by atoms with E-state index in [-0.39, 0.29) is 5.92 Å². The second kappa shape index (κ2) is 10.5. The van der Waals surface area contributed by atoms with Crippen LogP contribution in [0.4, 0.5) is 0 Å². The van der Waals surface area contributed by atoms with E-state index in [4.69, 9.17) is 14.5 Å². The fraction of sp³-hybridized carbons (Fsp3) is 0.314. The number of aromatic nitrogens is 3. The van der Waals surface area contributed by atoms with Gasteiger partial charge in [-0.05, 0) is 90.9 Å². The number of ether oxygens (including phenoxy) is 2. The van der Waals surface area contributed by atoms with E-state index in [1.165, 1.54) is 5.56 Å². The summed E-state index contributed by atoms with van der Waals surface area (Å²) in [6.45, 7) is 12.5. The highest BCUT2D eigenvalue weighted by atomic mass is 16.5. The molecule has 214 valence electrons. The number of hydrogen-bond donors (Lipinski definition) is 1. The van der Waals surface area contributed by atoms with E-state index < -0.39 is 17.7 Å². The zero-order valence-electron chi connectivity index (χ0n) is 24.9. The summed E-state index contributed by atoms with van der Waals surface area (Å²) in [5, 5.41) is 13.4. The number of nitrogens with zero attached hydrogens (tertiary/aromatic N) is 3. The van der Waals surface area contributed by atoms with Crippen LogP contribution < -0.4 is 4.74 Å². The lowest BCUT2D eigenvalue weighted by atomic mass is 9.84. The number of fused-ring (bicyclic) bond motifs is 1. The normalized spacial score (nSPS) is 13.9. The van der Waals surface area contributed by atoms with Crippen molar-refractivity contribution in [3.05, 3.63) is 83.6 Å². The molecule has 7 heteroatoms. The fourth-order valence-corrected chi connectivity index (χ4v) is 6.07. The third-order valence-corrected chi connectivity index (χ3v) is 7.78. The van der Waals surface area contributed by atoms with Crippen molar-refractivity contribution in [2.75, 3.05) is 6.61 Å². The molecule has 0 spiro atoms. The molecule has 1 N–H and O–H groups in total. The largest absolute Gasteiger partial charge is 0.493 e. The highest BCUT2D eigenvalue weighted by Gasteiger charge is 2.32. The van der Waals surface area contributed by atoms with Gasteiger partial charge in [-0.25, -0.2) is 14.8 Å². The van der Waals surface area contributed by atoms with Crippen molar-refractivity contribution in [2.24, 2.45) is 0 Å². The van der Waals surface area contributed by atoms with E-state index in [2.05, 4.69) is 48.1 Å². The summed E-state index contributed by atoms with van der Waals surface area (Å²) >= 11 is 0. The zero-order valence-corrected chi connectivity index (χ0v) is 24.9. The summed E-state index contributed by atoms with van der Waals surface area (Å²) in [7, 11) is 0. The molecule has 6 rings (SSSR count). The van der Waals surface area contributed by atoms with Crippen molar-refractivity contribution in [3.63, 3.8) is 0 Å². The van der Waals surface area contributed by atoms with Crippen molar-refractivity contribution in [1.82, 2.24) is 15.0 Å². The fourth-order valence-electron chi connectivity index (χ4n) is 6.07. The molecule has 0 fully saturated rings. The predicted molar refractivity (Wildman–Crippen MR) is 165 cm³/mol. The van der Waals surface area contributed by atoms with E-state index in [1.54, 1.807) is 6.33 Å². The van der Waals surface area contributed by atoms with Crippen molar-refractivity contribution in [2.45, 2.75) is 65.6 Å². The highest BCUT2D eigenvalue weighted by Crippen LogP contribution is 2.45. The van der Waals surface area contributed by atoms with Gasteiger partial charge in [0.15, 0.2) is 6.10 Å². The third kappa shape index (κ3) is 4.88. The SMILES string of the molecule is Cc1cc2cc(-c3cncnc3C(C)C)ccc2c(-c2ccc3c4c(ccnc24)CCO3)c1C(OC(C)(C)C)C(=O)O. The number of pyridine rings is 1. The summed E-state index contributed by atoms with van der Waals surface area (Å²) in [6, 6.07) is 14.4. The molecule has 2 aromatic heterocycles. The van der Waals surface area contributed by atoms with Crippen molar-refractivity contribution >= 4 is 27.6 Å². The van der Waals surface area contributed by atoms with Gasteiger partial charge >= 0.3 is 5.97 Å². The number of aliphatic carboxylic acids is 1. The van der Waals surface area contributed by atoms with Gasteiger partial charge in [0.05, 0.1) is 23.4 Å². The van der Waals surface area contributed by atoms with Crippen molar-refractivity contribution < 1.29 is 19.4 Å². The van der Waals surface area contributed by atoms with Crippen LogP contribution in [0, 0.1) is 6.92 Å². The minimum atomic E-state index is -1.18. The first-order valence-corrected chi connectivity index (χ1v) is 14.4. The monoisotopic (exact) mass is 561 g/mol. The first kappa shape index (κ1) is 27.8. The summed E-state index contributed by atoms with van der Waals surface area (Å²) < 4.78 is 12.2. The molecule has 0 amide bonds. The Bertz CT molecular complexity index is 1850. The van der Waals surface area contributed by atoms with E-state index in [0.717, 1.165) is 67.4 Å². The molecular formula is C35H35N3O4. The van der Waals surface area contributed by atoms with Crippen LogP contribution in [0.25, 0.3) is 43.9 Å². The quantitative estimate of drug-likeness (QED) is 0.226. The first-order chi connectivity index (χ1) is 20.0. The minimum absolute atomic E-state index is 0.232. The molecule has 42 heavy (non-hydrogen) atoms. The Hall–Kier alpha value is -4.36. The molecule has 0 saturated heterocycles. The van der Waals surface area contributed by atoms with Crippen molar-refractivity contribution in [3.8, 4) is 28.0 Å². The average Bonchev–Trinajstić information content (AvgIpc) is 2.95. The van der Waals surface area contributed by atoms with Gasteiger partial charge in [-0.3, -0.25) is 4.98 Å². The molecule has 0 saturated carbocycles. The Labute approximate surface area is 245 Å². The molecule has 1 unspecified atom stereocenters. The van der Waals surface area contributed by atoms with Gasteiger partial charge in [-0.15, -0.1) is 0 Å². The zero-order chi connectivity index (χ0) is 29.8. The van der Waals surface area contributed by atoms with E-state index >= 15 is 0 Å². The van der Waals surface area contributed by atoms with E-state index in [1.807, 2.05) is 58.3 Å². The maximum atomic E-state index is 12.8. The van der Waals surface area contributed by atoms with Crippen LogP contribution in [0.2, 0.25) is 0 Å². The summed E-state index contributed by atoms with van der Waals surface area (Å²) in [4.78, 5) is 26.5. The Morgan fingerprint density at radius 3 is 2.60 bits per heavy atom. The number of benzene rings is 3. The lowest BCUT2D eigenvalue weighted by Gasteiger charge is -2.29. The minimum Gasteiger partial charge on any atom is -0.493 e. The lowest BCUT2D eigenvalue weighted by Crippen LogP contribution is -2.28. The molecule has 1 atom stereocenters. The molecule has 3 aromatic carbocycles. The molecule has 0 aliphatic carbocycles. The average molecular weight is 562 g/mol. The van der Waals surface area contributed by atoms with Crippen LogP contribution in [0.15, 0.2) is 61.2 Å². The van der Waals surface area contributed by atoms with Crippen LogP contribution in [0.3, 0.4) is 0 Å². The van der Waals surface area contributed by atoms with Gasteiger partial charge in [0.1, 0.15) is 12.1 Å². The third-order valence-electron chi connectivity index (χ3n) is 7.78. The number of aryl methyl sites for hydroxylation is 1. The highest BCUT2D eigenvalue weighted by molar-refractivity contribution is 6.09. The maximum Gasteiger partial charge on any atom is 0.337 e. The smallest absolute Gasteiger partial charge is 0.337 e. The van der Waals surface area contributed by atoms with Crippen molar-refractivity contribution in [1.29, 1.82) is 0 Å². The van der Waals surface area contributed by atoms with Crippen LogP contribution >= 0.6 is 0 Å². The topological polar surface area (TPSA) is 94.4 Å². The van der Waals surface area contributed by atoms with Crippen LogP contribution in [-0.4, -0.2) is 38.2 Å². The van der Waals surface area contributed by atoms with Gasteiger partial charge in [-0.1, -0.05) is 32.0 Å². The van der Waals surface area contributed by atoms with Gasteiger partial charge in [0, 0.05) is 40.9 Å². The number of rotatable bonds is 6. The molecule has 0 bridgehead atoms. The molecule has 5 aromatic rings. The van der Waals surface area contributed by atoms with E-state index in [9.17, 15) is 9.90 Å². The maximum absolute atomic E-state index is 12.8. The van der Waals surface area contributed by atoms with Gasteiger partial charge in [0.2, 0.25) is 0 Å². The van der Waals surface area contributed by atoms with Crippen LogP contribution in [0.5, 0.6) is 5.75 Å². The summed E-state index contributed by atoms with van der Waals surface area (Å²) in [5.74, 6) is -0.00244. The Balaban J connectivity index is 1.69. The Morgan fingerprint density at radius 2 is 1.86 bits per heavy atom. The number of carboxylic acid groups (broad SMARTS) is 1.